The van der Waals surface area contributed by atoms with E-state index in [1.165, 1.54) is 6.20 Å². The van der Waals surface area contributed by atoms with Crippen LogP contribution in [0, 0.1) is 0 Å². The highest BCUT2D eigenvalue weighted by Crippen LogP contribution is 2.20. The van der Waals surface area contributed by atoms with Gasteiger partial charge in [0, 0.05) is 24.0 Å². The van der Waals surface area contributed by atoms with Crippen molar-refractivity contribution in [1.29, 1.82) is 0 Å². The second kappa shape index (κ2) is 2.11. The maximum Gasteiger partial charge on any atom is 0.137 e. The van der Waals surface area contributed by atoms with Crippen LogP contribution >= 0.6 is 0 Å². The predicted molar refractivity (Wildman–Crippen MR) is 35.1 cm³/mol. The van der Waals surface area contributed by atoms with Crippen LogP contribution in [0.25, 0.3) is 0 Å². The van der Waals surface area contributed by atoms with E-state index >= 15 is 0 Å². The standard InChI is InChI=1S/C6H10N2O/c1-4(7)5-2-8-3-6(5)9/h2-4,8-9H,7H2,1H3. The van der Waals surface area contributed by atoms with Gasteiger partial charge >= 0.3 is 0 Å². The molecule has 9 heavy (non-hydrogen) atoms. The van der Waals surface area contributed by atoms with Gasteiger partial charge in [-0.3, -0.25) is 0 Å². The van der Waals surface area contributed by atoms with Crippen molar-refractivity contribution < 1.29 is 5.11 Å². The first kappa shape index (κ1) is 6.16. The van der Waals surface area contributed by atoms with E-state index in [1.54, 1.807) is 6.20 Å². The molecule has 1 unspecified atom stereocenters. The van der Waals surface area contributed by atoms with Crippen LogP contribution in [0.2, 0.25) is 0 Å². The monoisotopic (exact) mass is 126 g/mol. The zero-order valence-electron chi connectivity index (χ0n) is 5.26. The Morgan fingerprint density at radius 3 is 2.56 bits per heavy atom. The van der Waals surface area contributed by atoms with Crippen molar-refractivity contribution in [1.82, 2.24) is 4.98 Å². The minimum atomic E-state index is -0.101. The van der Waals surface area contributed by atoms with Gasteiger partial charge < -0.3 is 15.8 Å². The minimum absolute atomic E-state index is 0.101. The highest BCUT2D eigenvalue weighted by molar-refractivity contribution is 5.30. The molecule has 1 heterocycles. The summed E-state index contributed by atoms with van der Waals surface area (Å²) in [6, 6.07) is -0.101. The second-order valence-electron chi connectivity index (χ2n) is 2.08. The van der Waals surface area contributed by atoms with E-state index < -0.39 is 0 Å². The van der Waals surface area contributed by atoms with E-state index in [0.717, 1.165) is 5.56 Å². The zero-order chi connectivity index (χ0) is 6.85. The molecular formula is C6H10N2O. The van der Waals surface area contributed by atoms with E-state index in [4.69, 9.17) is 10.8 Å². The van der Waals surface area contributed by atoms with Crippen molar-refractivity contribution >= 4 is 0 Å². The minimum Gasteiger partial charge on any atom is -0.506 e. The fraction of sp³-hybridized carbons (Fsp3) is 0.333. The summed E-state index contributed by atoms with van der Waals surface area (Å²) in [7, 11) is 0. The molecule has 0 aromatic carbocycles. The van der Waals surface area contributed by atoms with Crippen LogP contribution in [-0.2, 0) is 0 Å². The highest BCUT2D eigenvalue weighted by Gasteiger charge is 2.04. The first-order valence-corrected chi connectivity index (χ1v) is 2.83. The van der Waals surface area contributed by atoms with E-state index in [2.05, 4.69) is 4.98 Å². The Hall–Kier alpha value is -0.960. The van der Waals surface area contributed by atoms with Crippen molar-refractivity contribution in [2.75, 3.05) is 0 Å². The summed E-state index contributed by atoms with van der Waals surface area (Å²) in [6.45, 7) is 1.82. The molecule has 0 saturated heterocycles. The third-order valence-corrected chi connectivity index (χ3v) is 1.25. The summed E-state index contributed by atoms with van der Waals surface area (Å²) >= 11 is 0. The van der Waals surface area contributed by atoms with Gasteiger partial charge in [-0.1, -0.05) is 0 Å². The number of aromatic nitrogens is 1. The van der Waals surface area contributed by atoms with Gasteiger partial charge in [-0.05, 0) is 6.92 Å². The van der Waals surface area contributed by atoms with Crippen LogP contribution in [0.15, 0.2) is 12.4 Å². The van der Waals surface area contributed by atoms with Gasteiger partial charge in [-0.25, -0.2) is 0 Å². The Morgan fingerprint density at radius 1 is 1.67 bits per heavy atom. The number of rotatable bonds is 1. The first-order valence-electron chi connectivity index (χ1n) is 2.83. The smallest absolute Gasteiger partial charge is 0.137 e. The van der Waals surface area contributed by atoms with E-state index in [1.807, 2.05) is 6.92 Å². The van der Waals surface area contributed by atoms with Gasteiger partial charge in [0.15, 0.2) is 0 Å². The predicted octanol–water partition coefficient (Wildman–Crippen LogP) is 0.740. The average molecular weight is 126 g/mol. The molecule has 3 heteroatoms. The lowest BCUT2D eigenvalue weighted by molar-refractivity contribution is 0.466. The number of hydrogen-bond donors (Lipinski definition) is 3. The highest BCUT2D eigenvalue weighted by atomic mass is 16.3. The summed E-state index contributed by atoms with van der Waals surface area (Å²) in [4.78, 5) is 2.75. The van der Waals surface area contributed by atoms with Crippen molar-refractivity contribution in [2.24, 2.45) is 5.73 Å². The Kier molecular flexibility index (Phi) is 1.44. The number of aromatic amines is 1. The van der Waals surface area contributed by atoms with Gasteiger partial charge in [0.1, 0.15) is 5.75 Å². The van der Waals surface area contributed by atoms with E-state index in [-0.39, 0.29) is 11.8 Å². The molecule has 0 fully saturated rings. The fourth-order valence-corrected chi connectivity index (χ4v) is 0.732. The zero-order valence-corrected chi connectivity index (χ0v) is 5.26. The third kappa shape index (κ3) is 1.05. The molecule has 0 saturated carbocycles. The third-order valence-electron chi connectivity index (χ3n) is 1.25. The lowest BCUT2D eigenvalue weighted by Gasteiger charge is -1.99. The van der Waals surface area contributed by atoms with Gasteiger partial charge in [-0.15, -0.1) is 0 Å². The molecule has 50 valence electrons. The number of nitrogens with two attached hydrogens (primary N) is 1. The second-order valence-corrected chi connectivity index (χ2v) is 2.08. The van der Waals surface area contributed by atoms with Crippen LogP contribution in [0.1, 0.15) is 18.5 Å². The molecule has 1 rings (SSSR count). The molecule has 0 aliphatic rings. The molecule has 1 atom stereocenters. The molecule has 0 amide bonds. The molecule has 1 aromatic heterocycles. The molecule has 0 bridgehead atoms. The molecule has 0 aliphatic heterocycles. The van der Waals surface area contributed by atoms with Gasteiger partial charge in [0.05, 0.1) is 0 Å². The van der Waals surface area contributed by atoms with Crippen molar-refractivity contribution in [3.05, 3.63) is 18.0 Å². The summed E-state index contributed by atoms with van der Waals surface area (Å²) in [5, 5.41) is 9.01. The first-order chi connectivity index (χ1) is 4.22. The maximum absolute atomic E-state index is 9.01. The van der Waals surface area contributed by atoms with Crippen LogP contribution in [0.4, 0.5) is 0 Å². The maximum atomic E-state index is 9.01. The van der Waals surface area contributed by atoms with Crippen LogP contribution in [-0.4, -0.2) is 10.1 Å². The summed E-state index contributed by atoms with van der Waals surface area (Å²) in [5.41, 5.74) is 6.24. The summed E-state index contributed by atoms with van der Waals surface area (Å²) in [5.74, 6) is 0.241. The van der Waals surface area contributed by atoms with Gasteiger partial charge in [-0.2, -0.15) is 0 Å². The van der Waals surface area contributed by atoms with Crippen LogP contribution in [0.3, 0.4) is 0 Å². The van der Waals surface area contributed by atoms with Gasteiger partial charge in [0.25, 0.3) is 0 Å². The Balaban J connectivity index is 2.94. The van der Waals surface area contributed by atoms with Crippen molar-refractivity contribution in [2.45, 2.75) is 13.0 Å². The molecule has 0 aliphatic carbocycles. The molecule has 4 N–H and O–H groups in total. The van der Waals surface area contributed by atoms with E-state index in [0.29, 0.717) is 0 Å². The summed E-state index contributed by atoms with van der Waals surface area (Å²) < 4.78 is 0. The lowest BCUT2D eigenvalue weighted by atomic mass is 10.2. The largest absolute Gasteiger partial charge is 0.506 e. The normalized spacial score (nSPS) is 13.6. The molecular weight excluding hydrogens is 116 g/mol. The summed E-state index contributed by atoms with van der Waals surface area (Å²) in [6.07, 6.45) is 3.21. The number of nitrogens with one attached hydrogen (secondary N) is 1. The quantitative estimate of drug-likeness (QED) is 0.519. The number of aromatic hydroxyl groups is 1. The Morgan fingerprint density at radius 2 is 2.33 bits per heavy atom. The SMILES string of the molecule is CC(N)c1c[nH]cc1O. The molecule has 0 radical (unpaired) electrons. The molecule has 0 spiro atoms. The Bertz CT molecular complexity index is 193. The molecule has 1 aromatic rings. The fourth-order valence-electron chi connectivity index (χ4n) is 0.732. The number of hydrogen-bond acceptors (Lipinski definition) is 2. The number of H-pyrrole nitrogens is 1. The van der Waals surface area contributed by atoms with Crippen molar-refractivity contribution in [3.8, 4) is 5.75 Å². The van der Waals surface area contributed by atoms with Crippen molar-refractivity contribution in [3.63, 3.8) is 0 Å². The van der Waals surface area contributed by atoms with Gasteiger partial charge in [0.2, 0.25) is 0 Å². The van der Waals surface area contributed by atoms with Crippen LogP contribution in [0.5, 0.6) is 5.75 Å². The Labute approximate surface area is 53.5 Å². The van der Waals surface area contributed by atoms with E-state index in [9.17, 15) is 0 Å². The topological polar surface area (TPSA) is 62.0 Å². The molecule has 3 nitrogen and oxygen atoms in total. The lowest BCUT2D eigenvalue weighted by Crippen LogP contribution is -2.03. The average Bonchev–Trinajstić information content (AvgIpc) is 2.13. The van der Waals surface area contributed by atoms with Crippen LogP contribution < -0.4 is 5.73 Å².